The third-order valence-electron chi connectivity index (χ3n) is 3.11. The summed E-state index contributed by atoms with van der Waals surface area (Å²) in [7, 11) is 5.40. The Bertz CT molecular complexity index is 572. The standard InChI is InChI=1S/C17H25BrN4O.HI/c1-13(2)10-19-17(20-11-16(23)21(3)4)22(5)12-14-6-8-15(18)9-7-14;/h6-9H,1,10-12H2,2-5H3,(H,19,20);1H. The first-order valence-electron chi connectivity index (χ1n) is 7.38. The molecule has 0 aliphatic heterocycles. The fourth-order valence-corrected chi connectivity index (χ4v) is 2.03. The molecule has 0 unspecified atom stereocenters. The molecule has 5 nitrogen and oxygen atoms in total. The molecule has 1 rings (SSSR count). The average Bonchev–Trinajstić information content (AvgIpc) is 2.48. The molecule has 0 aliphatic rings. The van der Waals surface area contributed by atoms with Crippen molar-refractivity contribution in [3.05, 3.63) is 46.5 Å². The van der Waals surface area contributed by atoms with Gasteiger partial charge in [-0.3, -0.25) is 4.79 Å². The Kier molecular flexibility index (Phi) is 10.9. The van der Waals surface area contributed by atoms with E-state index in [1.165, 1.54) is 10.5 Å². The molecule has 134 valence electrons. The van der Waals surface area contributed by atoms with Gasteiger partial charge in [-0.05, 0) is 24.6 Å². The predicted molar refractivity (Wildman–Crippen MR) is 115 cm³/mol. The van der Waals surface area contributed by atoms with Crippen LogP contribution >= 0.6 is 39.9 Å². The molecule has 1 aromatic rings. The average molecular weight is 509 g/mol. The fourth-order valence-electron chi connectivity index (χ4n) is 1.76. The van der Waals surface area contributed by atoms with Crippen molar-refractivity contribution in [1.82, 2.24) is 15.1 Å². The molecule has 0 saturated carbocycles. The lowest BCUT2D eigenvalue weighted by atomic mass is 10.2. The van der Waals surface area contributed by atoms with Gasteiger partial charge in [-0.25, -0.2) is 4.99 Å². The van der Waals surface area contributed by atoms with E-state index in [0.717, 1.165) is 10.0 Å². The van der Waals surface area contributed by atoms with Gasteiger partial charge in [0.2, 0.25) is 5.91 Å². The van der Waals surface area contributed by atoms with Crippen LogP contribution in [0.25, 0.3) is 0 Å². The highest BCUT2D eigenvalue weighted by atomic mass is 127. The summed E-state index contributed by atoms with van der Waals surface area (Å²) >= 11 is 3.43. The molecular weight excluding hydrogens is 483 g/mol. The van der Waals surface area contributed by atoms with Crippen molar-refractivity contribution in [3.8, 4) is 0 Å². The molecule has 0 radical (unpaired) electrons. The number of amides is 1. The molecule has 0 bridgehead atoms. The smallest absolute Gasteiger partial charge is 0.243 e. The van der Waals surface area contributed by atoms with Crippen LogP contribution in [0.5, 0.6) is 0 Å². The maximum atomic E-state index is 11.8. The van der Waals surface area contributed by atoms with Crippen LogP contribution in [0.1, 0.15) is 12.5 Å². The molecule has 1 N–H and O–H groups in total. The second-order valence-electron chi connectivity index (χ2n) is 5.72. The lowest BCUT2D eigenvalue weighted by Crippen LogP contribution is -2.40. The highest BCUT2D eigenvalue weighted by Crippen LogP contribution is 2.11. The van der Waals surface area contributed by atoms with Gasteiger partial charge < -0.3 is 15.1 Å². The summed E-state index contributed by atoms with van der Waals surface area (Å²) < 4.78 is 1.05. The minimum absolute atomic E-state index is 0. The number of rotatable bonds is 6. The molecular formula is C17H26BrIN4O. The van der Waals surface area contributed by atoms with E-state index >= 15 is 0 Å². The molecule has 0 heterocycles. The normalized spacial score (nSPS) is 10.6. The van der Waals surface area contributed by atoms with Gasteiger partial charge in [0.25, 0.3) is 0 Å². The van der Waals surface area contributed by atoms with Gasteiger partial charge >= 0.3 is 0 Å². The minimum Gasteiger partial charge on any atom is -0.353 e. The lowest BCUT2D eigenvalue weighted by Gasteiger charge is -2.23. The Morgan fingerprint density at radius 1 is 1.25 bits per heavy atom. The molecule has 0 aromatic heterocycles. The first kappa shape index (κ1) is 22.9. The van der Waals surface area contributed by atoms with Crippen LogP contribution in [0.15, 0.2) is 45.9 Å². The first-order chi connectivity index (χ1) is 10.8. The summed E-state index contributed by atoms with van der Waals surface area (Å²) in [6.07, 6.45) is 0. The topological polar surface area (TPSA) is 47.9 Å². The largest absolute Gasteiger partial charge is 0.353 e. The maximum Gasteiger partial charge on any atom is 0.243 e. The zero-order valence-electron chi connectivity index (χ0n) is 14.7. The molecule has 0 atom stereocenters. The molecule has 1 aromatic carbocycles. The minimum atomic E-state index is -0.0309. The highest BCUT2D eigenvalue weighted by Gasteiger charge is 2.09. The molecule has 24 heavy (non-hydrogen) atoms. The van der Waals surface area contributed by atoms with E-state index in [0.29, 0.717) is 19.0 Å². The number of carbonyl (C=O) groups is 1. The second-order valence-corrected chi connectivity index (χ2v) is 6.64. The van der Waals surface area contributed by atoms with E-state index in [4.69, 9.17) is 0 Å². The molecule has 0 fully saturated rings. The Balaban J connectivity index is 0.00000529. The van der Waals surface area contributed by atoms with Crippen LogP contribution < -0.4 is 5.32 Å². The number of guanidine groups is 1. The number of halogens is 2. The summed E-state index contributed by atoms with van der Waals surface area (Å²) in [5.74, 6) is 0.655. The SMILES string of the molecule is C=C(C)CNC(=NCC(=O)N(C)C)N(C)Cc1ccc(Br)cc1.I. The monoisotopic (exact) mass is 508 g/mol. The van der Waals surface area contributed by atoms with Crippen molar-refractivity contribution in [1.29, 1.82) is 0 Å². The predicted octanol–water partition coefficient (Wildman–Crippen LogP) is 3.11. The van der Waals surface area contributed by atoms with Crippen LogP contribution in [-0.4, -0.2) is 55.9 Å². The summed E-state index contributed by atoms with van der Waals surface area (Å²) in [6, 6.07) is 8.14. The van der Waals surface area contributed by atoms with E-state index in [1.807, 2.05) is 31.0 Å². The quantitative estimate of drug-likeness (QED) is 0.278. The van der Waals surface area contributed by atoms with Gasteiger partial charge in [0.05, 0.1) is 0 Å². The molecule has 0 saturated heterocycles. The van der Waals surface area contributed by atoms with E-state index in [9.17, 15) is 4.79 Å². The molecule has 0 aliphatic carbocycles. The zero-order valence-corrected chi connectivity index (χ0v) is 18.6. The van der Waals surface area contributed by atoms with Crippen molar-refractivity contribution in [2.24, 2.45) is 4.99 Å². The highest BCUT2D eigenvalue weighted by molar-refractivity contribution is 14.0. The second kappa shape index (κ2) is 11.5. The first-order valence-corrected chi connectivity index (χ1v) is 8.17. The summed E-state index contributed by atoms with van der Waals surface area (Å²) in [5.41, 5.74) is 2.17. The Morgan fingerprint density at radius 3 is 2.33 bits per heavy atom. The fraction of sp³-hybridized carbons (Fsp3) is 0.412. The van der Waals surface area contributed by atoms with Gasteiger partial charge in [-0.1, -0.05) is 40.2 Å². The van der Waals surface area contributed by atoms with Crippen LogP contribution in [-0.2, 0) is 11.3 Å². The van der Waals surface area contributed by atoms with E-state index in [1.54, 1.807) is 14.1 Å². The number of nitrogens with one attached hydrogen (secondary N) is 1. The van der Waals surface area contributed by atoms with Crippen molar-refractivity contribution in [3.63, 3.8) is 0 Å². The number of nitrogens with zero attached hydrogens (tertiary/aromatic N) is 3. The third kappa shape index (κ3) is 8.68. The zero-order chi connectivity index (χ0) is 17.4. The molecule has 0 spiro atoms. The maximum absolute atomic E-state index is 11.8. The number of hydrogen-bond donors (Lipinski definition) is 1. The Hall–Kier alpha value is -1.09. The number of aliphatic imine (C=N–C) groups is 1. The summed E-state index contributed by atoms with van der Waals surface area (Å²) in [6.45, 7) is 7.28. The van der Waals surface area contributed by atoms with Gasteiger partial charge in [-0.2, -0.15) is 0 Å². The van der Waals surface area contributed by atoms with E-state index < -0.39 is 0 Å². The van der Waals surface area contributed by atoms with Gasteiger partial charge in [-0.15, -0.1) is 24.0 Å². The summed E-state index contributed by atoms with van der Waals surface area (Å²) in [5, 5.41) is 3.24. The third-order valence-corrected chi connectivity index (χ3v) is 3.63. The van der Waals surface area contributed by atoms with E-state index in [-0.39, 0.29) is 36.4 Å². The lowest BCUT2D eigenvalue weighted by molar-refractivity contribution is -0.127. The van der Waals surface area contributed by atoms with Crippen molar-refractivity contribution < 1.29 is 4.79 Å². The van der Waals surface area contributed by atoms with Gasteiger partial charge in [0.15, 0.2) is 5.96 Å². The van der Waals surface area contributed by atoms with Crippen molar-refractivity contribution >= 4 is 51.8 Å². The van der Waals surface area contributed by atoms with Gasteiger partial charge in [0, 0.05) is 38.7 Å². The number of benzene rings is 1. The van der Waals surface area contributed by atoms with Gasteiger partial charge in [0.1, 0.15) is 6.54 Å². The van der Waals surface area contributed by atoms with E-state index in [2.05, 4.69) is 45.0 Å². The van der Waals surface area contributed by atoms with Crippen LogP contribution in [0.3, 0.4) is 0 Å². The number of likely N-dealkylation sites (N-methyl/N-ethyl adjacent to an activating group) is 1. The van der Waals surface area contributed by atoms with Crippen molar-refractivity contribution in [2.75, 3.05) is 34.2 Å². The number of carbonyl (C=O) groups excluding carboxylic acids is 1. The van der Waals surface area contributed by atoms with Crippen LogP contribution in [0.2, 0.25) is 0 Å². The Morgan fingerprint density at radius 2 is 1.83 bits per heavy atom. The number of hydrogen-bond acceptors (Lipinski definition) is 2. The molecule has 7 heteroatoms. The van der Waals surface area contributed by atoms with Crippen LogP contribution in [0.4, 0.5) is 0 Å². The van der Waals surface area contributed by atoms with Crippen molar-refractivity contribution in [2.45, 2.75) is 13.5 Å². The molecule has 1 amide bonds. The van der Waals surface area contributed by atoms with Crippen LogP contribution in [0, 0.1) is 0 Å². The Labute approximate surface area is 170 Å². The summed E-state index contributed by atoms with van der Waals surface area (Å²) in [4.78, 5) is 19.7.